The maximum Gasteiger partial charge on any atom is 0.230 e. The summed E-state index contributed by atoms with van der Waals surface area (Å²) in [6.45, 7) is 1.63. The van der Waals surface area contributed by atoms with Crippen LogP contribution in [0.2, 0.25) is 5.02 Å². The van der Waals surface area contributed by atoms with Gasteiger partial charge in [-0.15, -0.1) is 0 Å². The Morgan fingerprint density at radius 1 is 1.57 bits per heavy atom. The number of halogens is 2. The average molecular weight is 304 g/mol. The largest absolute Gasteiger partial charge is 0.310 e. The minimum Gasteiger partial charge on any atom is -0.310 e. The van der Waals surface area contributed by atoms with Gasteiger partial charge in [-0.25, -0.2) is 9.37 Å². The van der Waals surface area contributed by atoms with Gasteiger partial charge in [0.05, 0.1) is 22.9 Å². The Labute approximate surface area is 125 Å². The summed E-state index contributed by atoms with van der Waals surface area (Å²) in [4.78, 5) is 16.0. The van der Waals surface area contributed by atoms with E-state index in [-0.39, 0.29) is 22.8 Å². The minimum atomic E-state index is -0.461. The van der Waals surface area contributed by atoms with Gasteiger partial charge in [0.25, 0.3) is 0 Å². The molecule has 0 bridgehead atoms. The summed E-state index contributed by atoms with van der Waals surface area (Å²) in [5.41, 5.74) is 0.433. The second-order valence-corrected chi connectivity index (χ2v) is 5.56. The first-order valence-electron chi connectivity index (χ1n) is 6.46. The number of nitrogens with one attached hydrogen (secondary N) is 1. The number of hydrogen-bond acceptors (Lipinski definition) is 3. The number of hydrogen-bond donors (Lipinski definition) is 1. The number of pyridine rings is 1. The van der Waals surface area contributed by atoms with Gasteiger partial charge in [-0.3, -0.25) is 4.79 Å². The maximum absolute atomic E-state index is 13.7. The number of carbonyl (C=O) groups is 1. The molecular formula is C15H11ClFN3O. The lowest BCUT2D eigenvalue weighted by Crippen LogP contribution is -2.15. The topological polar surface area (TPSA) is 65.8 Å². The fourth-order valence-corrected chi connectivity index (χ4v) is 2.58. The summed E-state index contributed by atoms with van der Waals surface area (Å²) in [6, 6.07) is 5.37. The van der Waals surface area contributed by atoms with Crippen LogP contribution in [0.5, 0.6) is 0 Å². The van der Waals surface area contributed by atoms with E-state index in [0.717, 1.165) is 0 Å². The summed E-state index contributed by atoms with van der Waals surface area (Å²) in [6.07, 6.45) is 2.02. The molecule has 2 aromatic rings. The zero-order chi connectivity index (χ0) is 15.1. The van der Waals surface area contributed by atoms with Crippen LogP contribution >= 0.6 is 11.6 Å². The number of rotatable bonds is 2. The van der Waals surface area contributed by atoms with Gasteiger partial charge in [0.15, 0.2) is 0 Å². The quantitative estimate of drug-likeness (QED) is 0.924. The number of anilines is 1. The van der Waals surface area contributed by atoms with Gasteiger partial charge < -0.3 is 5.32 Å². The van der Waals surface area contributed by atoms with Crippen LogP contribution in [0.4, 0.5) is 10.2 Å². The Kier molecular flexibility index (Phi) is 3.26. The van der Waals surface area contributed by atoms with Gasteiger partial charge in [-0.2, -0.15) is 5.26 Å². The van der Waals surface area contributed by atoms with Crippen molar-refractivity contribution in [1.29, 1.82) is 5.26 Å². The standard InChI is InChI=1S/C15H11ClFN3O/c1-7-2-8-4-12(19-6-11(8)13(16)14(7)17)20-15(21)10-3-9(10)5-18/h2,4,6,9-10H,3H2,1H3,(H,19,20,21)/t9-,10+/m1/s1. The molecule has 0 radical (unpaired) electrons. The minimum absolute atomic E-state index is 0.0297. The first-order chi connectivity index (χ1) is 10.0. The fraction of sp³-hybridized carbons (Fsp3) is 0.267. The van der Waals surface area contributed by atoms with E-state index >= 15 is 0 Å². The molecule has 6 heteroatoms. The first-order valence-corrected chi connectivity index (χ1v) is 6.84. The molecule has 0 spiro atoms. The normalized spacial score (nSPS) is 20.1. The molecule has 106 valence electrons. The van der Waals surface area contributed by atoms with E-state index in [2.05, 4.69) is 16.4 Å². The highest BCUT2D eigenvalue weighted by Crippen LogP contribution is 2.38. The lowest BCUT2D eigenvalue weighted by molar-refractivity contribution is -0.117. The van der Waals surface area contributed by atoms with Gasteiger partial charge in [-0.1, -0.05) is 11.6 Å². The van der Waals surface area contributed by atoms with E-state index in [0.29, 0.717) is 28.6 Å². The Bertz CT molecular complexity index is 800. The number of fused-ring (bicyclic) bond motifs is 1. The predicted octanol–water partition coefficient (Wildman–Crippen LogP) is 3.43. The van der Waals surface area contributed by atoms with Crippen molar-refractivity contribution in [1.82, 2.24) is 4.98 Å². The van der Waals surface area contributed by atoms with Crippen LogP contribution in [0, 0.1) is 35.9 Å². The molecule has 1 aliphatic carbocycles. The van der Waals surface area contributed by atoms with Crippen molar-refractivity contribution in [2.75, 3.05) is 5.32 Å². The Morgan fingerprint density at radius 2 is 2.33 bits per heavy atom. The molecule has 1 aromatic carbocycles. The first kappa shape index (κ1) is 13.8. The van der Waals surface area contributed by atoms with Gasteiger partial charge in [0.1, 0.15) is 11.6 Å². The lowest BCUT2D eigenvalue weighted by Gasteiger charge is -2.08. The number of nitrogens with zero attached hydrogens (tertiary/aromatic N) is 2. The molecule has 21 heavy (non-hydrogen) atoms. The maximum atomic E-state index is 13.7. The summed E-state index contributed by atoms with van der Waals surface area (Å²) in [7, 11) is 0. The third kappa shape index (κ3) is 2.43. The molecule has 0 saturated heterocycles. The van der Waals surface area contributed by atoms with Crippen molar-refractivity contribution < 1.29 is 9.18 Å². The van der Waals surface area contributed by atoms with Crippen molar-refractivity contribution in [3.05, 3.63) is 34.7 Å². The monoisotopic (exact) mass is 303 g/mol. The van der Waals surface area contributed by atoms with Gasteiger partial charge in [-0.05, 0) is 36.4 Å². The van der Waals surface area contributed by atoms with Crippen LogP contribution in [0.1, 0.15) is 12.0 Å². The molecule has 1 N–H and O–H groups in total. The lowest BCUT2D eigenvalue weighted by atomic mass is 10.1. The second-order valence-electron chi connectivity index (χ2n) is 5.18. The zero-order valence-electron chi connectivity index (χ0n) is 11.2. The van der Waals surface area contributed by atoms with Gasteiger partial charge in [0, 0.05) is 11.6 Å². The summed E-state index contributed by atoms with van der Waals surface area (Å²) < 4.78 is 13.7. The molecule has 1 heterocycles. The van der Waals surface area contributed by atoms with Crippen LogP contribution in [0.3, 0.4) is 0 Å². The van der Waals surface area contributed by atoms with Crippen LogP contribution in [0.25, 0.3) is 10.8 Å². The summed E-state index contributed by atoms with van der Waals surface area (Å²) in [5, 5.41) is 12.6. The van der Waals surface area contributed by atoms with Gasteiger partial charge >= 0.3 is 0 Å². The summed E-state index contributed by atoms with van der Waals surface area (Å²) >= 11 is 5.95. The Balaban J connectivity index is 1.90. The molecule has 1 fully saturated rings. The van der Waals surface area contributed by atoms with Crippen LogP contribution < -0.4 is 5.32 Å². The number of nitriles is 1. The van der Waals surface area contributed by atoms with E-state index < -0.39 is 5.82 Å². The van der Waals surface area contributed by atoms with E-state index in [1.54, 1.807) is 19.1 Å². The molecule has 2 atom stereocenters. The van der Waals surface area contributed by atoms with Crippen molar-refractivity contribution in [3.8, 4) is 6.07 Å². The highest BCUT2D eigenvalue weighted by atomic mass is 35.5. The highest BCUT2D eigenvalue weighted by Gasteiger charge is 2.43. The van der Waals surface area contributed by atoms with E-state index in [1.165, 1.54) is 6.20 Å². The van der Waals surface area contributed by atoms with Crippen molar-refractivity contribution >= 4 is 34.1 Å². The number of amides is 1. The van der Waals surface area contributed by atoms with E-state index in [9.17, 15) is 9.18 Å². The number of aromatic nitrogens is 1. The van der Waals surface area contributed by atoms with Crippen molar-refractivity contribution in [3.63, 3.8) is 0 Å². The molecule has 4 nitrogen and oxygen atoms in total. The van der Waals surface area contributed by atoms with Gasteiger partial charge in [0.2, 0.25) is 5.91 Å². The Hall–Kier alpha value is -2.19. The smallest absolute Gasteiger partial charge is 0.230 e. The number of aryl methyl sites for hydroxylation is 1. The molecule has 0 aliphatic heterocycles. The highest BCUT2D eigenvalue weighted by molar-refractivity contribution is 6.35. The average Bonchev–Trinajstić information content (AvgIpc) is 3.24. The number of carbonyl (C=O) groups excluding carboxylic acids is 1. The molecule has 3 rings (SSSR count). The third-order valence-electron chi connectivity index (χ3n) is 3.63. The molecule has 1 aliphatic rings. The van der Waals surface area contributed by atoms with Crippen LogP contribution in [-0.4, -0.2) is 10.9 Å². The van der Waals surface area contributed by atoms with Crippen LogP contribution in [-0.2, 0) is 4.79 Å². The van der Waals surface area contributed by atoms with Crippen LogP contribution in [0.15, 0.2) is 18.3 Å². The molecule has 1 amide bonds. The van der Waals surface area contributed by atoms with Crippen molar-refractivity contribution in [2.45, 2.75) is 13.3 Å². The second kappa shape index (κ2) is 4.97. The molecule has 1 aromatic heterocycles. The van der Waals surface area contributed by atoms with Crippen molar-refractivity contribution in [2.24, 2.45) is 11.8 Å². The molecular weight excluding hydrogens is 293 g/mol. The SMILES string of the molecule is Cc1cc2cc(NC(=O)[C@H]3C[C@@H]3C#N)ncc2c(Cl)c1F. The molecule has 0 unspecified atom stereocenters. The molecule has 1 saturated carbocycles. The fourth-order valence-electron chi connectivity index (χ4n) is 2.28. The number of benzene rings is 1. The predicted molar refractivity (Wildman–Crippen MR) is 77.3 cm³/mol. The van der Waals surface area contributed by atoms with E-state index in [1.807, 2.05) is 0 Å². The summed E-state index contributed by atoms with van der Waals surface area (Å²) in [5.74, 6) is -0.753. The zero-order valence-corrected chi connectivity index (χ0v) is 11.9. The Morgan fingerprint density at radius 3 is 3.00 bits per heavy atom. The van der Waals surface area contributed by atoms with E-state index in [4.69, 9.17) is 16.9 Å². The third-order valence-corrected chi connectivity index (χ3v) is 4.00.